The number of hydrogen-bond donors (Lipinski definition) is 3. The average molecular weight is 613 g/mol. The third-order valence-corrected chi connectivity index (χ3v) is 11.3. The van der Waals surface area contributed by atoms with Crippen LogP contribution in [0.15, 0.2) is 120 Å². The van der Waals surface area contributed by atoms with Crippen LogP contribution < -0.4 is 16.8 Å². The van der Waals surface area contributed by atoms with Gasteiger partial charge in [0.25, 0.3) is 0 Å². The zero-order chi connectivity index (χ0) is 30.6. The normalized spacial score (nSPS) is 26.9. The zero-order valence-corrected chi connectivity index (χ0v) is 26.7. The van der Waals surface area contributed by atoms with Gasteiger partial charge in [-0.2, -0.15) is 0 Å². The highest BCUT2D eigenvalue weighted by Crippen LogP contribution is 2.39. The number of nitrogens with two attached hydrogens (primary N) is 2. The fourth-order valence-electron chi connectivity index (χ4n) is 7.32. The first-order valence-corrected chi connectivity index (χ1v) is 17.5. The predicted octanol–water partition coefficient (Wildman–Crippen LogP) is 8.18. The van der Waals surface area contributed by atoms with Gasteiger partial charge in [0.15, 0.2) is 0 Å². The van der Waals surface area contributed by atoms with Crippen molar-refractivity contribution in [2.24, 2.45) is 34.2 Å². The van der Waals surface area contributed by atoms with E-state index in [4.69, 9.17) is 16.5 Å². The Bertz CT molecular complexity index is 1620. The van der Waals surface area contributed by atoms with Gasteiger partial charge in [-0.3, -0.25) is 4.99 Å². The van der Waals surface area contributed by atoms with Crippen LogP contribution in [-0.4, -0.2) is 22.6 Å². The summed E-state index contributed by atoms with van der Waals surface area (Å²) in [5.74, 6) is 2.05. The minimum Gasteiger partial charge on any atom is -0.363 e. The monoisotopic (exact) mass is 612 g/mol. The number of nitrogens with zero attached hydrogens (tertiary/aromatic N) is 1. The summed E-state index contributed by atoms with van der Waals surface area (Å²) in [5.41, 5.74) is 21.3. The molecule has 3 aromatic rings. The van der Waals surface area contributed by atoms with E-state index in [0.717, 1.165) is 49.9 Å². The van der Waals surface area contributed by atoms with Gasteiger partial charge in [0.2, 0.25) is 0 Å². The third kappa shape index (κ3) is 6.81. The highest BCUT2D eigenvalue weighted by Gasteiger charge is 2.34. The Morgan fingerprint density at radius 1 is 0.778 bits per heavy atom. The third-order valence-electron chi connectivity index (χ3n) is 9.92. The summed E-state index contributed by atoms with van der Waals surface area (Å²) in [6, 6.07) is 26.9. The quantitative estimate of drug-likeness (QED) is 0.177. The van der Waals surface area contributed by atoms with Crippen LogP contribution in [0.2, 0.25) is 0 Å². The number of nitrogens with one attached hydrogen (secondary N) is 1. The molecule has 1 heterocycles. The van der Waals surface area contributed by atoms with Gasteiger partial charge in [0.05, 0.1) is 22.8 Å². The molecule has 0 radical (unpaired) electrons. The summed E-state index contributed by atoms with van der Waals surface area (Å²) in [6.45, 7) is 0. The van der Waals surface area contributed by atoms with E-state index in [1.807, 2.05) is 0 Å². The van der Waals surface area contributed by atoms with Crippen LogP contribution in [0.25, 0.3) is 17.2 Å². The molecule has 4 nitrogen and oxygen atoms in total. The van der Waals surface area contributed by atoms with Crippen molar-refractivity contribution < 1.29 is 0 Å². The SMILES string of the molecule is NC(SC(N)C1CC=CC(C2CC(c3ccc(-c4cccc5c4C=CCC5)cc3)NC(c3ccccc3)=N2)C1)C1C=CC=CC1. The van der Waals surface area contributed by atoms with Gasteiger partial charge in [0, 0.05) is 11.5 Å². The first kappa shape index (κ1) is 30.0. The highest BCUT2D eigenvalue weighted by atomic mass is 32.2. The number of benzene rings is 3. The van der Waals surface area contributed by atoms with Crippen molar-refractivity contribution in [3.63, 3.8) is 0 Å². The van der Waals surface area contributed by atoms with E-state index in [0.29, 0.717) is 17.8 Å². The van der Waals surface area contributed by atoms with Crippen LogP contribution in [0.1, 0.15) is 60.4 Å². The van der Waals surface area contributed by atoms with E-state index in [9.17, 15) is 0 Å². The Hall–Kier alpha value is -3.64. The number of aryl methyl sites for hydroxylation is 1. The van der Waals surface area contributed by atoms with Gasteiger partial charge in [0.1, 0.15) is 5.84 Å². The lowest BCUT2D eigenvalue weighted by Gasteiger charge is -2.37. The molecule has 5 heteroatoms. The number of fused-ring (bicyclic) bond motifs is 1. The van der Waals surface area contributed by atoms with E-state index in [1.54, 1.807) is 11.8 Å². The molecule has 230 valence electrons. The van der Waals surface area contributed by atoms with Gasteiger partial charge >= 0.3 is 0 Å². The molecule has 0 spiro atoms. The van der Waals surface area contributed by atoms with Crippen molar-refractivity contribution in [3.05, 3.63) is 138 Å². The lowest BCUT2D eigenvalue weighted by Crippen LogP contribution is -2.41. The summed E-state index contributed by atoms with van der Waals surface area (Å²) in [7, 11) is 0. The molecule has 0 saturated carbocycles. The predicted molar refractivity (Wildman–Crippen MR) is 192 cm³/mol. The van der Waals surface area contributed by atoms with Gasteiger partial charge in [-0.25, -0.2) is 0 Å². The van der Waals surface area contributed by atoms with Crippen molar-refractivity contribution in [2.45, 2.75) is 61.4 Å². The molecule has 7 rings (SSSR count). The fourth-order valence-corrected chi connectivity index (χ4v) is 8.53. The van der Waals surface area contributed by atoms with E-state index in [-0.39, 0.29) is 22.8 Å². The fraction of sp³-hybridized carbons (Fsp3) is 0.325. The molecule has 0 amide bonds. The number of amidine groups is 1. The van der Waals surface area contributed by atoms with Crippen LogP contribution in [0.5, 0.6) is 0 Å². The Kier molecular flexibility index (Phi) is 9.20. The molecule has 3 aliphatic carbocycles. The average Bonchev–Trinajstić information content (AvgIpc) is 3.12. The van der Waals surface area contributed by atoms with Crippen molar-refractivity contribution in [2.75, 3.05) is 0 Å². The van der Waals surface area contributed by atoms with Crippen molar-refractivity contribution >= 4 is 23.7 Å². The summed E-state index contributed by atoms with van der Waals surface area (Å²) in [5, 5.41) is 3.84. The Balaban J connectivity index is 1.10. The Morgan fingerprint density at radius 3 is 2.47 bits per heavy atom. The molecular weight excluding hydrogens is 569 g/mol. The number of rotatable bonds is 8. The molecule has 0 fully saturated rings. The van der Waals surface area contributed by atoms with Gasteiger partial charge < -0.3 is 16.8 Å². The van der Waals surface area contributed by atoms with Crippen molar-refractivity contribution in [3.8, 4) is 11.1 Å². The maximum atomic E-state index is 6.84. The lowest BCUT2D eigenvalue weighted by atomic mass is 9.79. The van der Waals surface area contributed by atoms with Gasteiger partial charge in [-0.15, -0.1) is 11.8 Å². The second-order valence-electron chi connectivity index (χ2n) is 12.9. The van der Waals surface area contributed by atoms with Crippen LogP contribution in [-0.2, 0) is 6.42 Å². The summed E-state index contributed by atoms with van der Waals surface area (Å²) in [6.07, 6.45) is 24.2. The topological polar surface area (TPSA) is 76.4 Å². The molecule has 0 bridgehead atoms. The summed E-state index contributed by atoms with van der Waals surface area (Å²) in [4.78, 5) is 5.35. The molecular formula is C40H44N4S. The van der Waals surface area contributed by atoms with Crippen LogP contribution in [0.4, 0.5) is 0 Å². The number of aliphatic imine (C=N–C) groups is 1. The van der Waals surface area contributed by atoms with Crippen molar-refractivity contribution in [1.82, 2.24) is 5.32 Å². The Morgan fingerprint density at radius 2 is 1.64 bits per heavy atom. The standard InChI is InChI=1S/C40H44N4S/c41-38(30-12-3-1-4-13-30)45-39(42)33-18-9-17-32(25-33)37-26-36(43-40(44-37)31-14-5-2-6-15-31)29-23-21-28(22-24-29)35-20-10-16-27-11-7-8-19-34(27)35/h1-6,8-10,12,14-17,19-24,30,32-33,36-39H,7,11,13,18,25-26,41-42H2,(H,43,44). The van der Waals surface area contributed by atoms with Crippen LogP contribution >= 0.6 is 11.8 Å². The molecule has 3 aromatic carbocycles. The highest BCUT2D eigenvalue weighted by molar-refractivity contribution is 8.00. The second-order valence-corrected chi connectivity index (χ2v) is 14.2. The summed E-state index contributed by atoms with van der Waals surface area (Å²) < 4.78 is 0. The van der Waals surface area contributed by atoms with E-state index >= 15 is 0 Å². The lowest BCUT2D eigenvalue weighted by molar-refractivity contribution is 0.317. The van der Waals surface area contributed by atoms with E-state index in [1.165, 1.54) is 27.8 Å². The van der Waals surface area contributed by atoms with E-state index < -0.39 is 0 Å². The first-order chi connectivity index (χ1) is 22.1. The number of thioether (sulfide) groups is 1. The largest absolute Gasteiger partial charge is 0.363 e. The van der Waals surface area contributed by atoms with E-state index in [2.05, 4.69) is 127 Å². The minimum absolute atomic E-state index is 0.00737. The van der Waals surface area contributed by atoms with Gasteiger partial charge in [-0.05, 0) is 78.2 Å². The molecule has 4 aliphatic rings. The molecule has 1 aliphatic heterocycles. The second kappa shape index (κ2) is 13.8. The molecule has 0 saturated heterocycles. The first-order valence-electron chi connectivity index (χ1n) is 16.6. The van der Waals surface area contributed by atoms with Crippen LogP contribution in [0.3, 0.4) is 0 Å². The maximum Gasteiger partial charge on any atom is 0.129 e. The van der Waals surface area contributed by atoms with Gasteiger partial charge in [-0.1, -0.05) is 121 Å². The number of hydrogen-bond acceptors (Lipinski definition) is 5. The van der Waals surface area contributed by atoms with Crippen molar-refractivity contribution in [1.29, 1.82) is 0 Å². The molecule has 5 N–H and O–H groups in total. The summed E-state index contributed by atoms with van der Waals surface area (Å²) >= 11 is 1.75. The zero-order valence-electron chi connectivity index (χ0n) is 25.8. The molecule has 45 heavy (non-hydrogen) atoms. The molecule has 7 atom stereocenters. The van der Waals surface area contributed by atoms with Crippen LogP contribution in [0, 0.1) is 17.8 Å². The Labute approximate surface area is 272 Å². The smallest absolute Gasteiger partial charge is 0.129 e. The minimum atomic E-state index is 0.00737. The molecule has 7 unspecified atom stereocenters. The maximum absolute atomic E-state index is 6.84. The molecule has 0 aromatic heterocycles. The number of allylic oxidation sites excluding steroid dienone is 5.